The molecule has 0 unspecified atom stereocenters. The number of esters is 2. The summed E-state index contributed by atoms with van der Waals surface area (Å²) >= 11 is 0. The molecule has 2 fully saturated rings. The van der Waals surface area contributed by atoms with Crippen LogP contribution >= 0.6 is 0 Å². The Morgan fingerprint density at radius 3 is 1.42 bits per heavy atom. The van der Waals surface area contributed by atoms with Crippen molar-refractivity contribution in [2.75, 3.05) is 26.4 Å². The van der Waals surface area contributed by atoms with E-state index in [0.717, 1.165) is 103 Å². The summed E-state index contributed by atoms with van der Waals surface area (Å²) in [6.45, 7) is 2.30. The normalized spacial score (nSPS) is 26.8. The number of aliphatic hydroxyl groups is 7. The highest BCUT2D eigenvalue weighted by Crippen LogP contribution is 2.26. The van der Waals surface area contributed by atoms with E-state index in [1.165, 1.54) is 0 Å². The number of rotatable bonds is 36. The van der Waals surface area contributed by atoms with E-state index >= 15 is 0 Å². The largest absolute Gasteiger partial charge is 0.462 e. The van der Waals surface area contributed by atoms with Crippen LogP contribution in [0.3, 0.4) is 0 Å². The van der Waals surface area contributed by atoms with Crippen LogP contribution in [0.2, 0.25) is 0 Å². The van der Waals surface area contributed by atoms with Crippen LogP contribution in [0, 0.1) is 0 Å². The van der Waals surface area contributed by atoms with Gasteiger partial charge in [-0.05, 0) is 77.0 Å². The van der Waals surface area contributed by atoms with Gasteiger partial charge in [0.1, 0.15) is 55.4 Å². The Hall–Kier alpha value is -3.06. The van der Waals surface area contributed by atoms with Crippen LogP contribution in [0.4, 0.5) is 0 Å². The number of carbonyl (C=O) groups excluding carboxylic acids is 2. The zero-order valence-corrected chi connectivity index (χ0v) is 39.6. The second-order valence-electron chi connectivity index (χ2n) is 16.9. The molecule has 0 bridgehead atoms. The molecule has 2 aliphatic heterocycles. The first-order valence-electron chi connectivity index (χ1n) is 24.5. The van der Waals surface area contributed by atoms with Gasteiger partial charge in [-0.15, -0.1) is 0 Å². The third-order valence-electron chi connectivity index (χ3n) is 11.2. The average molecular weight is 937 g/mol. The Balaban J connectivity index is 1.84. The van der Waals surface area contributed by atoms with Gasteiger partial charge in [-0.25, -0.2) is 0 Å². The zero-order valence-electron chi connectivity index (χ0n) is 39.6. The fourth-order valence-electron chi connectivity index (χ4n) is 7.18. The molecule has 2 aliphatic rings. The molecular formula is C51H84O15. The van der Waals surface area contributed by atoms with E-state index in [4.69, 9.17) is 28.4 Å². The van der Waals surface area contributed by atoms with Gasteiger partial charge < -0.3 is 64.2 Å². The maximum atomic E-state index is 13.0. The van der Waals surface area contributed by atoms with Crippen molar-refractivity contribution in [2.24, 2.45) is 0 Å². The first-order chi connectivity index (χ1) is 32.0. The van der Waals surface area contributed by atoms with Crippen LogP contribution in [0.1, 0.15) is 142 Å². The van der Waals surface area contributed by atoms with Gasteiger partial charge in [-0.1, -0.05) is 125 Å². The van der Waals surface area contributed by atoms with Crippen LogP contribution in [0.25, 0.3) is 0 Å². The molecule has 0 radical (unpaired) electrons. The molecule has 0 aromatic heterocycles. The smallest absolute Gasteiger partial charge is 0.306 e. The maximum absolute atomic E-state index is 13.0. The molecule has 0 aromatic rings. The Bertz CT molecular complexity index is 1430. The van der Waals surface area contributed by atoms with E-state index < -0.39 is 99.3 Å². The first-order valence-corrected chi connectivity index (χ1v) is 24.5. The van der Waals surface area contributed by atoms with Crippen molar-refractivity contribution in [3.05, 3.63) is 72.9 Å². The predicted molar refractivity (Wildman–Crippen MR) is 252 cm³/mol. The minimum Gasteiger partial charge on any atom is -0.462 e. The molecule has 2 rings (SSSR count). The minimum absolute atomic E-state index is 0.138. The van der Waals surface area contributed by atoms with Gasteiger partial charge in [-0.2, -0.15) is 0 Å². The van der Waals surface area contributed by atoms with Gasteiger partial charge >= 0.3 is 11.9 Å². The number of aliphatic hydroxyl groups excluding tert-OH is 7. The highest BCUT2D eigenvalue weighted by atomic mass is 16.7. The van der Waals surface area contributed by atoms with Gasteiger partial charge in [0, 0.05) is 12.8 Å². The van der Waals surface area contributed by atoms with Gasteiger partial charge in [0.15, 0.2) is 18.7 Å². The number of unbranched alkanes of at least 4 members (excludes halogenated alkanes) is 10. The molecule has 15 nitrogen and oxygen atoms in total. The second kappa shape index (κ2) is 37.9. The Labute approximate surface area is 393 Å². The lowest BCUT2D eigenvalue weighted by molar-refractivity contribution is -0.332. The molecule has 0 saturated carbocycles. The fourth-order valence-corrected chi connectivity index (χ4v) is 7.18. The average Bonchev–Trinajstić information content (AvgIpc) is 3.31. The lowest BCUT2D eigenvalue weighted by atomic mass is 9.98. The SMILES string of the molecule is CC/C=C\C/C=C/C/C=C\CCCCCCCC(=O)OC[C@H](CO[C@@H]1O[C@H](CO[C@H]2O[C@H](CO)[C@H](O)[C@H](O)[C@H]2O)[C@H](O)[C@H](O)[C@H]1O)OC(=O)CCCCCCC/C=C/C/C=C/C/C=C\CC. The summed E-state index contributed by atoms with van der Waals surface area (Å²) in [5.41, 5.74) is 0. The Kier molecular flexibility index (Phi) is 33.9. The van der Waals surface area contributed by atoms with Gasteiger partial charge in [0.25, 0.3) is 0 Å². The summed E-state index contributed by atoms with van der Waals surface area (Å²) in [4.78, 5) is 25.7. The quantitative estimate of drug-likeness (QED) is 0.0209. The van der Waals surface area contributed by atoms with Gasteiger partial charge in [0.05, 0.1) is 19.8 Å². The molecule has 378 valence electrons. The molecule has 2 heterocycles. The van der Waals surface area contributed by atoms with E-state index in [-0.39, 0.29) is 19.4 Å². The molecular weight excluding hydrogens is 853 g/mol. The molecule has 0 spiro atoms. The van der Waals surface area contributed by atoms with Crippen LogP contribution in [-0.4, -0.2) is 142 Å². The number of hydrogen-bond donors (Lipinski definition) is 7. The van der Waals surface area contributed by atoms with Crippen LogP contribution < -0.4 is 0 Å². The highest BCUT2D eigenvalue weighted by Gasteiger charge is 2.47. The van der Waals surface area contributed by atoms with E-state index in [1.807, 2.05) is 0 Å². The van der Waals surface area contributed by atoms with E-state index in [9.17, 15) is 45.3 Å². The molecule has 66 heavy (non-hydrogen) atoms. The summed E-state index contributed by atoms with van der Waals surface area (Å²) in [6, 6.07) is 0. The number of allylic oxidation sites excluding steroid dienone is 12. The summed E-state index contributed by atoms with van der Waals surface area (Å²) < 4.78 is 33.5. The van der Waals surface area contributed by atoms with Crippen molar-refractivity contribution < 1.29 is 73.8 Å². The molecule has 0 amide bonds. The third kappa shape index (κ3) is 25.9. The number of ether oxygens (including phenoxy) is 6. The van der Waals surface area contributed by atoms with Crippen molar-refractivity contribution in [2.45, 2.75) is 210 Å². The highest BCUT2D eigenvalue weighted by molar-refractivity contribution is 5.70. The van der Waals surface area contributed by atoms with E-state index in [0.29, 0.717) is 12.8 Å². The topological polar surface area (TPSA) is 231 Å². The van der Waals surface area contributed by atoms with Crippen LogP contribution in [0.15, 0.2) is 72.9 Å². The predicted octanol–water partition coefficient (Wildman–Crippen LogP) is 6.26. The maximum Gasteiger partial charge on any atom is 0.306 e. The van der Waals surface area contributed by atoms with Gasteiger partial charge in [0.2, 0.25) is 0 Å². The summed E-state index contributed by atoms with van der Waals surface area (Å²) in [7, 11) is 0. The molecule has 15 heteroatoms. The first kappa shape index (κ1) is 59.1. The van der Waals surface area contributed by atoms with Gasteiger partial charge in [-0.3, -0.25) is 9.59 Å². The summed E-state index contributed by atoms with van der Waals surface area (Å²) in [5, 5.41) is 72.0. The standard InChI is InChI=1S/C51H84O15/c1-3-5-7-9-11-13-15-17-19-21-23-25-27-29-31-33-42(53)61-36-39(64-43(54)34-32-30-28-26-24-22-20-18-16-14-12-10-8-6-4-2)37-62-50-49(60)47(58)45(56)41(66-50)38-63-51-48(59)46(57)44(55)40(35-52)65-51/h5-8,11-14,17-20,39-41,44-52,55-60H,3-4,9-10,15-16,21-38H2,1-2H3/b7-5-,8-6-,13-11+,14-12+,19-17-,20-18+/t39-,40-,41-,44+,45+,46+,47+,48-,49-,50-,51+/m1/s1. The van der Waals surface area contributed by atoms with Crippen molar-refractivity contribution in [3.8, 4) is 0 Å². The van der Waals surface area contributed by atoms with E-state index in [1.54, 1.807) is 0 Å². The molecule has 7 N–H and O–H groups in total. The summed E-state index contributed by atoms with van der Waals surface area (Å²) in [6.07, 6.45) is 26.5. The monoisotopic (exact) mass is 937 g/mol. The lowest BCUT2D eigenvalue weighted by Crippen LogP contribution is -2.61. The van der Waals surface area contributed by atoms with Crippen LogP contribution in [0.5, 0.6) is 0 Å². The number of hydrogen-bond acceptors (Lipinski definition) is 15. The third-order valence-corrected chi connectivity index (χ3v) is 11.2. The molecule has 11 atom stereocenters. The fraction of sp³-hybridized carbons (Fsp3) is 0.725. The Morgan fingerprint density at radius 1 is 0.485 bits per heavy atom. The number of carbonyl (C=O) groups is 2. The Morgan fingerprint density at radius 2 is 0.909 bits per heavy atom. The minimum atomic E-state index is -1.77. The second-order valence-corrected chi connectivity index (χ2v) is 16.9. The molecule has 0 aromatic carbocycles. The molecule has 0 aliphatic carbocycles. The van der Waals surface area contributed by atoms with Crippen molar-refractivity contribution in [3.63, 3.8) is 0 Å². The summed E-state index contributed by atoms with van der Waals surface area (Å²) in [5.74, 6) is -0.973. The van der Waals surface area contributed by atoms with Crippen molar-refractivity contribution in [1.82, 2.24) is 0 Å². The zero-order chi connectivity index (χ0) is 48.2. The lowest BCUT2D eigenvalue weighted by Gasteiger charge is -2.42. The molecule has 2 saturated heterocycles. The van der Waals surface area contributed by atoms with E-state index in [2.05, 4.69) is 86.8 Å². The van der Waals surface area contributed by atoms with Crippen molar-refractivity contribution in [1.29, 1.82) is 0 Å². The van der Waals surface area contributed by atoms with Crippen molar-refractivity contribution >= 4 is 11.9 Å². The van der Waals surface area contributed by atoms with Crippen LogP contribution in [-0.2, 0) is 38.0 Å².